The Kier molecular flexibility index (Phi) is 9.79. The zero-order valence-corrected chi connectivity index (χ0v) is 27.2. The zero-order valence-electron chi connectivity index (χ0n) is 27.2. The largest absolute Gasteiger partial charge is 0.0984 e. The Hall–Kier alpha value is -5.46. The Bertz CT molecular complexity index is 1960. The van der Waals surface area contributed by atoms with E-state index in [-0.39, 0.29) is 0 Å². The van der Waals surface area contributed by atoms with Gasteiger partial charge in [0, 0.05) is 0 Å². The molecule has 0 spiro atoms. The standard InChI is InChI=1S/C46H42/c1-9-20-40(35(10-2)31(7)8)33-25-27-34(28-26-33)45-38(13-5)39(14-6)46(43-24-19-18-23-42(43)45)44-30-29-41(32-21-16-15-17-22-32)36(11-3)37(44)12-4/h9-17,19-22,24-30H,2-7,18,23H2,1,8H3/b20-9?,40-35+. The van der Waals surface area contributed by atoms with Crippen molar-refractivity contribution in [2.75, 3.05) is 0 Å². The van der Waals surface area contributed by atoms with E-state index in [2.05, 4.69) is 124 Å². The summed E-state index contributed by atoms with van der Waals surface area (Å²) in [5, 5.41) is 0. The van der Waals surface area contributed by atoms with E-state index in [0.29, 0.717) is 0 Å². The molecule has 0 saturated heterocycles. The number of hydrogen-bond acceptors (Lipinski definition) is 0. The molecule has 0 unspecified atom stereocenters. The highest BCUT2D eigenvalue weighted by molar-refractivity contribution is 6.00. The van der Waals surface area contributed by atoms with Crippen molar-refractivity contribution in [1.82, 2.24) is 0 Å². The maximum atomic E-state index is 4.33. The van der Waals surface area contributed by atoms with E-state index in [1.54, 1.807) is 0 Å². The summed E-state index contributed by atoms with van der Waals surface area (Å²) in [5.41, 5.74) is 18.0. The molecule has 0 heterocycles. The van der Waals surface area contributed by atoms with Gasteiger partial charge in [0.05, 0.1) is 0 Å². The molecule has 0 atom stereocenters. The highest BCUT2D eigenvalue weighted by atomic mass is 14.3. The van der Waals surface area contributed by atoms with Crippen LogP contribution in [-0.2, 0) is 6.42 Å². The molecule has 0 N–H and O–H groups in total. The fourth-order valence-electron chi connectivity index (χ4n) is 6.78. The average molecular weight is 595 g/mol. The summed E-state index contributed by atoms with van der Waals surface area (Å²) in [4.78, 5) is 0. The molecule has 0 nitrogen and oxygen atoms in total. The summed E-state index contributed by atoms with van der Waals surface area (Å²) in [7, 11) is 0. The highest BCUT2D eigenvalue weighted by Crippen LogP contribution is 2.47. The Balaban J connectivity index is 1.79. The van der Waals surface area contributed by atoms with Gasteiger partial charge >= 0.3 is 0 Å². The molecule has 1 aliphatic rings. The normalized spacial score (nSPS) is 12.7. The maximum absolute atomic E-state index is 4.33. The van der Waals surface area contributed by atoms with Crippen molar-refractivity contribution in [1.29, 1.82) is 0 Å². The van der Waals surface area contributed by atoms with Gasteiger partial charge in [0.15, 0.2) is 0 Å². The van der Waals surface area contributed by atoms with Crippen LogP contribution in [0.25, 0.3) is 69.3 Å². The third-order valence-corrected chi connectivity index (χ3v) is 8.80. The molecule has 5 rings (SSSR count). The topological polar surface area (TPSA) is 0 Å². The second-order valence-electron chi connectivity index (χ2n) is 11.5. The van der Waals surface area contributed by atoms with E-state index in [1.807, 2.05) is 50.3 Å². The first kappa shape index (κ1) is 31.9. The second kappa shape index (κ2) is 14.1. The van der Waals surface area contributed by atoms with Crippen LogP contribution in [0.15, 0.2) is 142 Å². The molecule has 46 heavy (non-hydrogen) atoms. The monoisotopic (exact) mass is 594 g/mol. The Morgan fingerprint density at radius 2 is 1.28 bits per heavy atom. The first-order chi connectivity index (χ1) is 22.4. The van der Waals surface area contributed by atoms with Gasteiger partial charge in [-0.05, 0) is 110 Å². The Morgan fingerprint density at radius 1 is 0.674 bits per heavy atom. The van der Waals surface area contributed by atoms with Crippen LogP contribution >= 0.6 is 0 Å². The first-order valence-electron chi connectivity index (χ1n) is 15.8. The molecule has 1 aliphatic carbocycles. The van der Waals surface area contributed by atoms with Gasteiger partial charge in [-0.1, -0.05) is 166 Å². The molecule has 0 aromatic heterocycles. The summed E-state index contributed by atoms with van der Waals surface area (Å²) in [6.07, 6.45) is 20.4. The van der Waals surface area contributed by atoms with Crippen molar-refractivity contribution in [3.63, 3.8) is 0 Å². The fourth-order valence-corrected chi connectivity index (χ4v) is 6.78. The first-order valence-corrected chi connectivity index (χ1v) is 15.8. The SMILES string of the molecule is C=C/C(C(=C)C)=C(/C=CC)c1ccc(-c2c(C=C)c(C=C)c(-c3ccc(-c4ccccc4)c(C=C)c3C=C)c3c2CCC=C3)cc1. The zero-order chi connectivity index (χ0) is 32.8. The molecule has 226 valence electrons. The van der Waals surface area contributed by atoms with Gasteiger partial charge in [-0.15, -0.1) is 0 Å². The summed E-state index contributed by atoms with van der Waals surface area (Å²) in [5.74, 6) is 0. The minimum absolute atomic E-state index is 0.939. The molecule has 0 fully saturated rings. The number of fused-ring (bicyclic) bond motifs is 1. The minimum Gasteiger partial charge on any atom is -0.0984 e. The van der Waals surface area contributed by atoms with E-state index >= 15 is 0 Å². The van der Waals surface area contributed by atoms with Crippen molar-refractivity contribution in [3.8, 4) is 33.4 Å². The van der Waals surface area contributed by atoms with Crippen molar-refractivity contribution < 1.29 is 0 Å². The van der Waals surface area contributed by atoms with E-state index in [4.69, 9.17) is 0 Å². The van der Waals surface area contributed by atoms with E-state index < -0.39 is 0 Å². The lowest BCUT2D eigenvalue weighted by atomic mass is 9.76. The number of allylic oxidation sites excluding steroid dienone is 7. The maximum Gasteiger partial charge on any atom is -0.00237 e. The van der Waals surface area contributed by atoms with E-state index in [9.17, 15) is 0 Å². The summed E-state index contributed by atoms with van der Waals surface area (Å²) < 4.78 is 0. The van der Waals surface area contributed by atoms with E-state index in [0.717, 1.165) is 85.2 Å². The fraction of sp³-hybridized carbons (Fsp3) is 0.0870. The van der Waals surface area contributed by atoms with E-state index in [1.165, 1.54) is 16.7 Å². The molecule has 4 aromatic rings. The predicted octanol–water partition coefficient (Wildman–Crippen LogP) is 13.3. The molecule has 0 bridgehead atoms. The summed E-state index contributed by atoms with van der Waals surface area (Å²) in [6.45, 7) is 29.4. The smallest absolute Gasteiger partial charge is 0.00237 e. The van der Waals surface area contributed by atoms with Crippen molar-refractivity contribution in [2.24, 2.45) is 0 Å². The van der Waals surface area contributed by atoms with Crippen LogP contribution in [-0.4, -0.2) is 0 Å². The lowest BCUT2D eigenvalue weighted by molar-refractivity contribution is 0.987. The van der Waals surface area contributed by atoms with Crippen molar-refractivity contribution in [2.45, 2.75) is 26.7 Å². The van der Waals surface area contributed by atoms with Gasteiger partial charge < -0.3 is 0 Å². The molecule has 0 saturated carbocycles. The van der Waals surface area contributed by atoms with Crippen molar-refractivity contribution in [3.05, 3.63) is 181 Å². The Morgan fingerprint density at radius 3 is 1.87 bits per heavy atom. The average Bonchev–Trinajstić information content (AvgIpc) is 3.10. The quantitative estimate of drug-likeness (QED) is 0.152. The summed E-state index contributed by atoms with van der Waals surface area (Å²) in [6, 6.07) is 23.7. The van der Waals surface area contributed by atoms with Gasteiger partial charge in [0.1, 0.15) is 0 Å². The van der Waals surface area contributed by atoms with Gasteiger partial charge in [0.2, 0.25) is 0 Å². The number of benzene rings is 4. The summed E-state index contributed by atoms with van der Waals surface area (Å²) >= 11 is 0. The molecular formula is C46H42. The second-order valence-corrected chi connectivity index (χ2v) is 11.5. The molecule has 0 radical (unpaired) electrons. The predicted molar refractivity (Wildman–Crippen MR) is 207 cm³/mol. The third kappa shape index (κ3) is 5.71. The van der Waals surface area contributed by atoms with Crippen LogP contribution in [0.1, 0.15) is 59.2 Å². The van der Waals surface area contributed by atoms with Gasteiger partial charge in [-0.2, -0.15) is 0 Å². The molecule has 0 aliphatic heterocycles. The van der Waals surface area contributed by atoms with Crippen LogP contribution < -0.4 is 0 Å². The van der Waals surface area contributed by atoms with Gasteiger partial charge in [-0.3, -0.25) is 0 Å². The minimum atomic E-state index is 0.939. The third-order valence-electron chi connectivity index (χ3n) is 8.80. The van der Waals surface area contributed by atoms with Gasteiger partial charge in [-0.25, -0.2) is 0 Å². The van der Waals surface area contributed by atoms with Crippen LogP contribution in [0, 0.1) is 0 Å². The van der Waals surface area contributed by atoms with Crippen LogP contribution in [0.3, 0.4) is 0 Å². The van der Waals surface area contributed by atoms with Crippen molar-refractivity contribution >= 4 is 36.0 Å². The lowest BCUT2D eigenvalue weighted by Crippen LogP contribution is -2.07. The van der Waals surface area contributed by atoms with Crippen LogP contribution in [0.5, 0.6) is 0 Å². The molecule has 4 aromatic carbocycles. The molecule has 0 heteroatoms. The number of hydrogen-bond donors (Lipinski definition) is 0. The van der Waals surface area contributed by atoms with Crippen LogP contribution in [0.2, 0.25) is 0 Å². The lowest BCUT2D eigenvalue weighted by Gasteiger charge is -2.27. The van der Waals surface area contributed by atoms with Gasteiger partial charge in [0.25, 0.3) is 0 Å². The molecule has 0 amide bonds. The molecular weight excluding hydrogens is 553 g/mol. The highest BCUT2D eigenvalue weighted by Gasteiger charge is 2.25. The van der Waals surface area contributed by atoms with Crippen LogP contribution in [0.4, 0.5) is 0 Å². The Labute approximate surface area is 275 Å². The number of rotatable bonds is 11.